The monoisotopic (exact) mass is 250 g/mol. The van der Waals surface area contributed by atoms with Gasteiger partial charge in [0.1, 0.15) is 5.82 Å². The molecule has 0 atom stereocenters. The summed E-state index contributed by atoms with van der Waals surface area (Å²) in [7, 11) is 0. The molecule has 0 aromatic carbocycles. The van der Waals surface area contributed by atoms with Crippen LogP contribution in [0.25, 0.3) is 0 Å². The van der Waals surface area contributed by atoms with Gasteiger partial charge in [0, 0.05) is 5.92 Å². The molecule has 100 valence electrons. The molecular formula is C14H22N2O2. The van der Waals surface area contributed by atoms with Gasteiger partial charge in [-0.1, -0.05) is 20.8 Å². The van der Waals surface area contributed by atoms with Gasteiger partial charge in [-0.3, -0.25) is 4.79 Å². The summed E-state index contributed by atoms with van der Waals surface area (Å²) >= 11 is 0. The number of hydrogen-bond acceptors (Lipinski definition) is 3. The van der Waals surface area contributed by atoms with Gasteiger partial charge in [-0.05, 0) is 37.0 Å². The second-order valence-corrected chi connectivity index (χ2v) is 6.40. The van der Waals surface area contributed by atoms with Crippen LogP contribution in [0, 0.1) is 11.3 Å². The predicted molar refractivity (Wildman–Crippen MR) is 70.7 cm³/mol. The zero-order valence-electron chi connectivity index (χ0n) is 11.4. The molecule has 0 unspecified atom stereocenters. The van der Waals surface area contributed by atoms with Gasteiger partial charge in [0.2, 0.25) is 5.88 Å². The number of aromatic nitrogens is 2. The topological polar surface area (TPSA) is 66.0 Å². The minimum absolute atomic E-state index is 0.174. The molecule has 0 spiro atoms. The van der Waals surface area contributed by atoms with Gasteiger partial charge in [-0.25, -0.2) is 4.98 Å². The van der Waals surface area contributed by atoms with Crippen molar-refractivity contribution >= 4 is 0 Å². The number of H-pyrrole nitrogens is 1. The molecule has 0 saturated heterocycles. The van der Waals surface area contributed by atoms with Crippen molar-refractivity contribution in [3.63, 3.8) is 0 Å². The molecule has 4 heteroatoms. The maximum atomic E-state index is 11.3. The number of aromatic hydroxyl groups is 1. The summed E-state index contributed by atoms with van der Waals surface area (Å²) in [6, 6.07) is 1.12. The van der Waals surface area contributed by atoms with E-state index in [2.05, 4.69) is 30.7 Å². The molecule has 18 heavy (non-hydrogen) atoms. The van der Waals surface area contributed by atoms with Gasteiger partial charge in [0.25, 0.3) is 5.56 Å². The van der Waals surface area contributed by atoms with Gasteiger partial charge >= 0.3 is 0 Å². The first-order chi connectivity index (χ1) is 8.36. The molecule has 2 N–H and O–H groups in total. The average molecular weight is 250 g/mol. The van der Waals surface area contributed by atoms with Crippen LogP contribution >= 0.6 is 0 Å². The van der Waals surface area contributed by atoms with Crippen LogP contribution in [0.5, 0.6) is 5.88 Å². The SMILES string of the molecule is CC(C)(C)C1CCC(c2nc(O)cc(=O)[nH]2)CC1. The summed E-state index contributed by atoms with van der Waals surface area (Å²) in [5.41, 5.74) is 0.0837. The minimum Gasteiger partial charge on any atom is -0.493 e. The van der Waals surface area contributed by atoms with Crippen LogP contribution in [0.15, 0.2) is 10.9 Å². The third-order valence-electron chi connectivity index (χ3n) is 4.09. The Bertz CT molecular complexity index is 465. The molecule has 0 amide bonds. The number of aromatic amines is 1. The standard InChI is InChI=1S/C14H22N2O2/c1-14(2,3)10-6-4-9(5-7-10)13-15-11(17)8-12(18)16-13/h8-10H,4-7H2,1-3H3,(H2,15,16,17,18). The molecule has 1 aliphatic rings. The fourth-order valence-corrected chi connectivity index (χ4v) is 2.89. The van der Waals surface area contributed by atoms with Crippen molar-refractivity contribution in [2.45, 2.75) is 52.4 Å². The van der Waals surface area contributed by atoms with Gasteiger partial charge < -0.3 is 10.1 Å². The fourth-order valence-electron chi connectivity index (χ4n) is 2.89. The van der Waals surface area contributed by atoms with Crippen LogP contribution < -0.4 is 5.56 Å². The van der Waals surface area contributed by atoms with Crippen molar-refractivity contribution in [2.24, 2.45) is 11.3 Å². The highest BCUT2D eigenvalue weighted by atomic mass is 16.3. The van der Waals surface area contributed by atoms with Crippen LogP contribution in [0.1, 0.15) is 58.2 Å². The molecule has 4 nitrogen and oxygen atoms in total. The Kier molecular flexibility index (Phi) is 3.46. The lowest BCUT2D eigenvalue weighted by Crippen LogP contribution is -2.26. The summed E-state index contributed by atoms with van der Waals surface area (Å²) in [6.45, 7) is 6.85. The number of nitrogens with zero attached hydrogens (tertiary/aromatic N) is 1. The van der Waals surface area contributed by atoms with Crippen molar-refractivity contribution in [2.75, 3.05) is 0 Å². The van der Waals surface area contributed by atoms with Gasteiger partial charge in [0.05, 0.1) is 6.07 Å². The molecule has 0 aliphatic heterocycles. The molecule has 0 bridgehead atoms. The van der Waals surface area contributed by atoms with Crippen molar-refractivity contribution in [3.8, 4) is 5.88 Å². The van der Waals surface area contributed by atoms with Crippen LogP contribution in [-0.2, 0) is 0 Å². The van der Waals surface area contributed by atoms with E-state index in [1.807, 2.05) is 0 Å². The number of rotatable bonds is 1. The summed E-state index contributed by atoms with van der Waals surface area (Å²) in [5, 5.41) is 9.37. The van der Waals surface area contributed by atoms with Crippen LogP contribution in [-0.4, -0.2) is 15.1 Å². The quantitative estimate of drug-likeness (QED) is 0.805. The Hall–Kier alpha value is -1.32. The number of nitrogens with one attached hydrogen (secondary N) is 1. The Morgan fingerprint density at radius 2 is 1.89 bits per heavy atom. The normalized spacial score (nSPS) is 25.1. The summed E-state index contributed by atoms with van der Waals surface area (Å²) in [5.74, 6) is 1.49. The molecule has 2 rings (SSSR count). The fraction of sp³-hybridized carbons (Fsp3) is 0.714. The lowest BCUT2D eigenvalue weighted by molar-refractivity contribution is 0.167. The van der Waals surface area contributed by atoms with Gasteiger partial charge in [-0.2, -0.15) is 0 Å². The summed E-state index contributed by atoms with van der Waals surface area (Å²) in [6.07, 6.45) is 4.39. The van der Waals surface area contributed by atoms with E-state index in [0.717, 1.165) is 37.7 Å². The van der Waals surface area contributed by atoms with E-state index < -0.39 is 0 Å². The zero-order chi connectivity index (χ0) is 13.3. The van der Waals surface area contributed by atoms with E-state index in [1.165, 1.54) is 0 Å². The van der Waals surface area contributed by atoms with Crippen molar-refractivity contribution in [1.29, 1.82) is 0 Å². The Labute approximate surface area is 107 Å². The number of hydrogen-bond donors (Lipinski definition) is 2. The van der Waals surface area contributed by atoms with Gasteiger partial charge in [-0.15, -0.1) is 0 Å². The van der Waals surface area contributed by atoms with Crippen LogP contribution in [0.2, 0.25) is 0 Å². The highest BCUT2D eigenvalue weighted by Gasteiger charge is 2.31. The summed E-state index contributed by atoms with van der Waals surface area (Å²) < 4.78 is 0. The third-order valence-corrected chi connectivity index (χ3v) is 4.09. The Balaban J connectivity index is 2.08. The predicted octanol–water partition coefficient (Wildman–Crippen LogP) is 2.80. The third kappa shape index (κ3) is 2.92. The maximum absolute atomic E-state index is 11.3. The molecule has 1 saturated carbocycles. The van der Waals surface area contributed by atoms with Crippen molar-refractivity contribution < 1.29 is 5.11 Å². The first-order valence-corrected chi connectivity index (χ1v) is 6.66. The van der Waals surface area contributed by atoms with E-state index in [0.29, 0.717) is 11.2 Å². The average Bonchev–Trinajstić information content (AvgIpc) is 2.27. The van der Waals surface area contributed by atoms with Crippen molar-refractivity contribution in [3.05, 3.63) is 22.2 Å². The molecule has 1 fully saturated rings. The van der Waals surface area contributed by atoms with E-state index in [4.69, 9.17) is 0 Å². The first kappa shape index (κ1) is 13.1. The van der Waals surface area contributed by atoms with E-state index in [1.54, 1.807) is 0 Å². The highest BCUT2D eigenvalue weighted by Crippen LogP contribution is 2.42. The Morgan fingerprint density at radius 1 is 1.28 bits per heavy atom. The van der Waals surface area contributed by atoms with E-state index >= 15 is 0 Å². The minimum atomic E-state index is -0.268. The molecule has 1 aliphatic carbocycles. The first-order valence-electron chi connectivity index (χ1n) is 6.66. The summed E-state index contributed by atoms with van der Waals surface area (Å²) in [4.78, 5) is 18.1. The van der Waals surface area contributed by atoms with Crippen LogP contribution in [0.4, 0.5) is 0 Å². The lowest BCUT2D eigenvalue weighted by atomic mass is 9.70. The molecule has 1 heterocycles. The smallest absolute Gasteiger partial charge is 0.254 e. The lowest BCUT2D eigenvalue weighted by Gasteiger charge is -2.36. The van der Waals surface area contributed by atoms with E-state index in [-0.39, 0.29) is 17.4 Å². The second-order valence-electron chi connectivity index (χ2n) is 6.40. The van der Waals surface area contributed by atoms with Crippen LogP contribution in [0.3, 0.4) is 0 Å². The molecule has 0 radical (unpaired) electrons. The van der Waals surface area contributed by atoms with E-state index in [9.17, 15) is 9.90 Å². The molecule has 1 aromatic rings. The zero-order valence-corrected chi connectivity index (χ0v) is 11.4. The Morgan fingerprint density at radius 3 is 2.39 bits per heavy atom. The largest absolute Gasteiger partial charge is 0.493 e. The second kappa shape index (κ2) is 4.75. The highest BCUT2D eigenvalue weighted by molar-refractivity contribution is 5.10. The van der Waals surface area contributed by atoms with Crippen molar-refractivity contribution in [1.82, 2.24) is 9.97 Å². The van der Waals surface area contributed by atoms with Gasteiger partial charge in [0.15, 0.2) is 0 Å². The maximum Gasteiger partial charge on any atom is 0.254 e. The molecular weight excluding hydrogens is 228 g/mol. The molecule has 1 aromatic heterocycles.